The van der Waals surface area contributed by atoms with Gasteiger partial charge in [-0.05, 0) is 24.0 Å². The van der Waals surface area contributed by atoms with Crippen LogP contribution in [0.3, 0.4) is 0 Å². The number of benzene rings is 1. The third-order valence-electron chi connectivity index (χ3n) is 2.59. The second-order valence-electron chi connectivity index (χ2n) is 3.99. The first-order chi connectivity index (χ1) is 9.06. The summed E-state index contributed by atoms with van der Waals surface area (Å²) in [5.74, 6) is -1.17. The Bertz CT molecular complexity index is 424. The highest BCUT2D eigenvalue weighted by Gasteiger charge is 2.24. The SMILES string of the molecule is CSCC[C@@H](NC(=O)C(O)c1ccccc1)C(=O)O. The van der Waals surface area contributed by atoms with Crippen molar-refractivity contribution in [2.45, 2.75) is 18.6 Å². The molecule has 1 unspecified atom stereocenters. The molecule has 0 radical (unpaired) electrons. The predicted molar refractivity (Wildman–Crippen MR) is 74.0 cm³/mol. The summed E-state index contributed by atoms with van der Waals surface area (Å²) in [6.45, 7) is 0. The van der Waals surface area contributed by atoms with E-state index in [0.717, 1.165) is 0 Å². The van der Waals surface area contributed by atoms with Crippen LogP contribution >= 0.6 is 11.8 Å². The first kappa shape index (κ1) is 15.5. The maximum Gasteiger partial charge on any atom is 0.326 e. The van der Waals surface area contributed by atoms with Crippen LogP contribution in [0.2, 0.25) is 0 Å². The van der Waals surface area contributed by atoms with Crippen molar-refractivity contribution in [3.63, 3.8) is 0 Å². The average molecular weight is 283 g/mol. The van der Waals surface area contributed by atoms with Gasteiger partial charge < -0.3 is 15.5 Å². The minimum atomic E-state index is -1.35. The molecule has 0 saturated carbocycles. The molecule has 5 nitrogen and oxygen atoms in total. The van der Waals surface area contributed by atoms with Gasteiger partial charge in [-0.1, -0.05) is 30.3 Å². The third kappa shape index (κ3) is 4.92. The number of thioether (sulfide) groups is 1. The Balaban J connectivity index is 2.64. The molecule has 6 heteroatoms. The highest BCUT2D eigenvalue weighted by Crippen LogP contribution is 2.12. The molecule has 0 aromatic heterocycles. The Labute approximate surface area is 116 Å². The van der Waals surface area contributed by atoms with Crippen LogP contribution in [0, 0.1) is 0 Å². The summed E-state index contributed by atoms with van der Waals surface area (Å²) < 4.78 is 0. The van der Waals surface area contributed by atoms with Gasteiger partial charge >= 0.3 is 5.97 Å². The van der Waals surface area contributed by atoms with Crippen molar-refractivity contribution in [3.05, 3.63) is 35.9 Å². The quantitative estimate of drug-likeness (QED) is 0.696. The van der Waals surface area contributed by atoms with Crippen molar-refractivity contribution >= 4 is 23.6 Å². The number of aliphatic hydroxyl groups excluding tert-OH is 1. The lowest BCUT2D eigenvalue weighted by atomic mass is 10.1. The van der Waals surface area contributed by atoms with Crippen LogP contribution in [0.1, 0.15) is 18.1 Å². The van der Waals surface area contributed by atoms with E-state index in [4.69, 9.17) is 5.11 Å². The molecule has 2 atom stereocenters. The number of aliphatic carboxylic acids is 1. The van der Waals surface area contributed by atoms with Gasteiger partial charge in [-0.2, -0.15) is 11.8 Å². The number of carbonyl (C=O) groups excluding carboxylic acids is 1. The van der Waals surface area contributed by atoms with Gasteiger partial charge in [0.05, 0.1) is 0 Å². The summed E-state index contributed by atoms with van der Waals surface area (Å²) in [7, 11) is 0. The van der Waals surface area contributed by atoms with Crippen molar-refractivity contribution in [1.82, 2.24) is 5.32 Å². The maximum atomic E-state index is 11.8. The Morgan fingerprint density at radius 1 is 1.32 bits per heavy atom. The van der Waals surface area contributed by atoms with E-state index < -0.39 is 24.0 Å². The lowest BCUT2D eigenvalue weighted by Gasteiger charge is -2.17. The predicted octanol–water partition coefficient (Wildman–Crippen LogP) is 1.04. The largest absolute Gasteiger partial charge is 0.480 e. The molecule has 0 aliphatic rings. The second-order valence-corrected chi connectivity index (χ2v) is 4.98. The number of carbonyl (C=O) groups is 2. The normalized spacial score (nSPS) is 13.6. The van der Waals surface area contributed by atoms with Gasteiger partial charge in [-0.25, -0.2) is 4.79 Å². The molecule has 19 heavy (non-hydrogen) atoms. The van der Waals surface area contributed by atoms with E-state index in [9.17, 15) is 14.7 Å². The summed E-state index contributed by atoms with van der Waals surface area (Å²) in [6.07, 6.45) is 0.834. The Hall–Kier alpha value is -1.53. The van der Waals surface area contributed by atoms with Crippen molar-refractivity contribution in [2.24, 2.45) is 0 Å². The lowest BCUT2D eigenvalue weighted by molar-refractivity contribution is -0.143. The van der Waals surface area contributed by atoms with Gasteiger partial charge in [0.1, 0.15) is 6.04 Å². The molecule has 3 N–H and O–H groups in total. The first-order valence-corrected chi connectivity index (χ1v) is 7.20. The minimum absolute atomic E-state index is 0.323. The Kier molecular flexibility index (Phi) is 6.38. The molecule has 0 fully saturated rings. The minimum Gasteiger partial charge on any atom is -0.480 e. The molecule has 0 aliphatic carbocycles. The molecule has 0 heterocycles. The highest BCUT2D eigenvalue weighted by atomic mass is 32.2. The molecule has 0 aliphatic heterocycles. The van der Waals surface area contributed by atoms with Crippen molar-refractivity contribution in [3.8, 4) is 0 Å². The number of amides is 1. The summed E-state index contributed by atoms with van der Waals surface area (Å²) in [4.78, 5) is 22.8. The van der Waals surface area contributed by atoms with Crippen LogP contribution in [0.15, 0.2) is 30.3 Å². The van der Waals surface area contributed by atoms with Crippen LogP contribution in [0.25, 0.3) is 0 Å². The number of hydrogen-bond donors (Lipinski definition) is 3. The molecule has 1 amide bonds. The summed E-state index contributed by atoms with van der Waals surface area (Å²) in [5.41, 5.74) is 0.439. The van der Waals surface area contributed by atoms with Crippen LogP contribution in [0.5, 0.6) is 0 Å². The Morgan fingerprint density at radius 2 is 1.95 bits per heavy atom. The number of hydrogen-bond acceptors (Lipinski definition) is 4. The third-order valence-corrected chi connectivity index (χ3v) is 3.23. The molecule has 104 valence electrons. The van der Waals surface area contributed by atoms with Gasteiger partial charge in [-0.15, -0.1) is 0 Å². The number of carboxylic acid groups (broad SMARTS) is 1. The van der Waals surface area contributed by atoms with Crippen molar-refractivity contribution in [2.75, 3.05) is 12.0 Å². The van der Waals surface area contributed by atoms with Crippen LogP contribution in [-0.2, 0) is 9.59 Å². The zero-order chi connectivity index (χ0) is 14.3. The van der Waals surface area contributed by atoms with Gasteiger partial charge in [-0.3, -0.25) is 4.79 Å². The summed E-state index contributed by atoms with van der Waals surface area (Å²) in [5, 5.41) is 21.2. The molecule has 1 aromatic rings. The van der Waals surface area contributed by atoms with Gasteiger partial charge in [0.2, 0.25) is 0 Å². The fourth-order valence-corrected chi connectivity index (χ4v) is 2.00. The van der Waals surface area contributed by atoms with Gasteiger partial charge in [0.15, 0.2) is 6.10 Å². The maximum absolute atomic E-state index is 11.8. The number of carboxylic acids is 1. The van der Waals surface area contributed by atoms with Gasteiger partial charge in [0, 0.05) is 0 Å². The van der Waals surface area contributed by atoms with Crippen LogP contribution in [-0.4, -0.2) is 40.1 Å². The number of nitrogens with one attached hydrogen (secondary N) is 1. The molecule has 1 rings (SSSR count). The topological polar surface area (TPSA) is 86.6 Å². The molecule has 0 bridgehead atoms. The van der Waals surface area contributed by atoms with E-state index in [0.29, 0.717) is 17.7 Å². The second kappa shape index (κ2) is 7.81. The Morgan fingerprint density at radius 3 is 2.47 bits per heavy atom. The molecular formula is C13H17NO4S. The van der Waals surface area contributed by atoms with E-state index in [-0.39, 0.29) is 0 Å². The van der Waals surface area contributed by atoms with Crippen LogP contribution in [0.4, 0.5) is 0 Å². The summed E-state index contributed by atoms with van der Waals surface area (Å²) in [6, 6.07) is 7.43. The molecule has 1 aromatic carbocycles. The fourth-order valence-electron chi connectivity index (χ4n) is 1.53. The number of rotatable bonds is 7. The molecule has 0 saturated heterocycles. The van der Waals surface area contributed by atoms with Crippen LogP contribution < -0.4 is 5.32 Å². The van der Waals surface area contributed by atoms with E-state index in [1.165, 1.54) is 11.8 Å². The van der Waals surface area contributed by atoms with Gasteiger partial charge in [0.25, 0.3) is 5.91 Å². The van der Waals surface area contributed by atoms with E-state index in [1.54, 1.807) is 30.3 Å². The van der Waals surface area contributed by atoms with E-state index >= 15 is 0 Å². The zero-order valence-electron chi connectivity index (χ0n) is 10.6. The zero-order valence-corrected chi connectivity index (χ0v) is 11.4. The average Bonchev–Trinajstić information content (AvgIpc) is 2.43. The van der Waals surface area contributed by atoms with E-state index in [1.807, 2.05) is 6.26 Å². The standard InChI is InChI=1S/C13H17NO4S/c1-19-8-7-10(13(17)18)14-12(16)11(15)9-5-3-2-4-6-9/h2-6,10-11,15H,7-8H2,1H3,(H,14,16)(H,17,18)/t10-,11?/m1/s1. The molecule has 0 spiro atoms. The smallest absolute Gasteiger partial charge is 0.326 e. The molecular weight excluding hydrogens is 266 g/mol. The monoisotopic (exact) mass is 283 g/mol. The van der Waals surface area contributed by atoms with Crippen molar-refractivity contribution in [1.29, 1.82) is 0 Å². The van der Waals surface area contributed by atoms with E-state index in [2.05, 4.69) is 5.32 Å². The highest BCUT2D eigenvalue weighted by molar-refractivity contribution is 7.98. The number of aliphatic hydroxyl groups is 1. The lowest BCUT2D eigenvalue weighted by Crippen LogP contribution is -2.43. The fraction of sp³-hybridized carbons (Fsp3) is 0.385. The first-order valence-electron chi connectivity index (χ1n) is 5.81. The van der Waals surface area contributed by atoms with Crippen molar-refractivity contribution < 1.29 is 19.8 Å². The summed E-state index contributed by atoms with van der Waals surface area (Å²) >= 11 is 1.50.